The second kappa shape index (κ2) is 5.66. The molecular weight excluding hydrogens is 210 g/mol. The minimum absolute atomic E-state index is 0.109. The maximum atomic E-state index is 11.1. The Morgan fingerprint density at radius 3 is 2.80 bits per heavy atom. The molecule has 0 atom stereocenters. The average molecular weight is 225 g/mol. The fraction of sp³-hybridized carbons (Fsp3) is 0.364. The van der Waals surface area contributed by atoms with Crippen molar-refractivity contribution in [3.05, 3.63) is 23.8 Å². The molecule has 0 aliphatic carbocycles. The Labute approximate surface area is 95.2 Å². The zero-order valence-corrected chi connectivity index (χ0v) is 9.80. The molecule has 0 heterocycles. The van der Waals surface area contributed by atoms with Gasteiger partial charge in [-0.3, -0.25) is 4.79 Å². The molecule has 15 heavy (non-hydrogen) atoms. The number of hydrogen-bond donors (Lipinski definition) is 2. The number of aryl methyl sites for hydroxylation is 1. The molecule has 4 heteroatoms. The predicted octanol–water partition coefficient (Wildman–Crippen LogP) is 2.26. The van der Waals surface area contributed by atoms with Crippen molar-refractivity contribution < 1.29 is 9.53 Å². The zero-order valence-electron chi connectivity index (χ0n) is 8.91. The maximum Gasteiger partial charge on any atom is 0.234 e. The van der Waals surface area contributed by atoms with E-state index in [1.54, 1.807) is 0 Å². The van der Waals surface area contributed by atoms with Crippen molar-refractivity contribution in [3.63, 3.8) is 0 Å². The number of carbonyl (C=O) groups excluding carboxylic acids is 1. The number of carbonyl (C=O) groups is 1. The predicted molar refractivity (Wildman–Crippen MR) is 64.8 cm³/mol. The van der Waals surface area contributed by atoms with Crippen LogP contribution in [0.3, 0.4) is 0 Å². The van der Waals surface area contributed by atoms with Crippen molar-refractivity contribution in [2.75, 3.05) is 17.7 Å². The highest BCUT2D eigenvalue weighted by atomic mass is 32.1. The van der Waals surface area contributed by atoms with Crippen LogP contribution in [0, 0.1) is 6.92 Å². The summed E-state index contributed by atoms with van der Waals surface area (Å²) in [7, 11) is 0. The van der Waals surface area contributed by atoms with Crippen LogP contribution in [-0.2, 0) is 4.79 Å². The van der Waals surface area contributed by atoms with E-state index in [2.05, 4.69) is 17.9 Å². The van der Waals surface area contributed by atoms with Crippen LogP contribution >= 0.6 is 12.6 Å². The number of amides is 1. The van der Waals surface area contributed by atoms with Gasteiger partial charge in [-0.25, -0.2) is 0 Å². The first-order chi connectivity index (χ1) is 7.17. The number of rotatable bonds is 4. The molecule has 0 fully saturated rings. The quantitative estimate of drug-likeness (QED) is 0.771. The van der Waals surface area contributed by atoms with E-state index in [9.17, 15) is 4.79 Å². The van der Waals surface area contributed by atoms with E-state index in [4.69, 9.17) is 4.74 Å². The van der Waals surface area contributed by atoms with Gasteiger partial charge in [0, 0.05) is 5.69 Å². The van der Waals surface area contributed by atoms with Gasteiger partial charge in [0.2, 0.25) is 5.91 Å². The molecule has 0 saturated heterocycles. The van der Waals surface area contributed by atoms with Crippen molar-refractivity contribution in [3.8, 4) is 5.75 Å². The first-order valence-electron chi connectivity index (χ1n) is 4.81. The summed E-state index contributed by atoms with van der Waals surface area (Å²) in [6.45, 7) is 4.53. The van der Waals surface area contributed by atoms with Gasteiger partial charge in [-0.15, -0.1) is 0 Å². The molecule has 0 unspecified atom stereocenters. The Hall–Kier alpha value is -1.16. The summed E-state index contributed by atoms with van der Waals surface area (Å²) >= 11 is 3.89. The topological polar surface area (TPSA) is 38.3 Å². The minimum atomic E-state index is -0.109. The SMILES string of the molecule is CCOc1ccc(NC(=O)CS)cc1C. The van der Waals surface area contributed by atoms with Crippen LogP contribution in [0.5, 0.6) is 5.75 Å². The summed E-state index contributed by atoms with van der Waals surface area (Å²) in [5.41, 5.74) is 1.78. The summed E-state index contributed by atoms with van der Waals surface area (Å²) in [6.07, 6.45) is 0. The molecular formula is C11H15NO2S. The lowest BCUT2D eigenvalue weighted by molar-refractivity contribution is -0.113. The standard InChI is InChI=1S/C11H15NO2S/c1-3-14-10-5-4-9(6-8(10)2)12-11(13)7-15/h4-6,15H,3,7H2,1-2H3,(H,12,13). The van der Waals surface area contributed by atoms with Crippen molar-refractivity contribution in [2.45, 2.75) is 13.8 Å². The van der Waals surface area contributed by atoms with Gasteiger partial charge in [0.05, 0.1) is 12.4 Å². The Morgan fingerprint density at radius 2 is 2.27 bits per heavy atom. The number of nitrogens with one attached hydrogen (secondary N) is 1. The highest BCUT2D eigenvalue weighted by molar-refractivity contribution is 7.81. The van der Waals surface area contributed by atoms with E-state index >= 15 is 0 Å². The van der Waals surface area contributed by atoms with Crippen LogP contribution in [-0.4, -0.2) is 18.3 Å². The molecule has 0 spiro atoms. The number of benzene rings is 1. The molecule has 1 amide bonds. The van der Waals surface area contributed by atoms with Gasteiger partial charge in [0.25, 0.3) is 0 Å². The van der Waals surface area contributed by atoms with Gasteiger partial charge in [-0.2, -0.15) is 12.6 Å². The molecule has 1 aromatic carbocycles. The third-order valence-corrected chi connectivity index (χ3v) is 2.19. The molecule has 0 aromatic heterocycles. The van der Waals surface area contributed by atoms with Crippen LogP contribution in [0.25, 0.3) is 0 Å². The largest absolute Gasteiger partial charge is 0.494 e. The summed E-state index contributed by atoms with van der Waals surface area (Å²) in [6, 6.07) is 5.55. The second-order valence-corrected chi connectivity index (χ2v) is 3.44. The van der Waals surface area contributed by atoms with Crippen molar-refractivity contribution in [1.29, 1.82) is 0 Å². The third-order valence-electron chi connectivity index (χ3n) is 1.90. The first kappa shape index (κ1) is 11.9. The number of ether oxygens (including phenoxy) is 1. The molecule has 0 aliphatic rings. The zero-order chi connectivity index (χ0) is 11.3. The fourth-order valence-corrected chi connectivity index (χ4v) is 1.32. The van der Waals surface area contributed by atoms with E-state index < -0.39 is 0 Å². The number of hydrogen-bond acceptors (Lipinski definition) is 3. The van der Waals surface area contributed by atoms with Crippen LogP contribution in [0.2, 0.25) is 0 Å². The Morgan fingerprint density at radius 1 is 1.53 bits per heavy atom. The smallest absolute Gasteiger partial charge is 0.234 e. The lowest BCUT2D eigenvalue weighted by atomic mass is 10.2. The van der Waals surface area contributed by atoms with Gasteiger partial charge < -0.3 is 10.1 Å². The van der Waals surface area contributed by atoms with Crippen LogP contribution in [0.15, 0.2) is 18.2 Å². The third kappa shape index (κ3) is 3.47. The Bertz CT molecular complexity index is 352. The highest BCUT2D eigenvalue weighted by Gasteiger charge is 2.02. The maximum absolute atomic E-state index is 11.1. The van der Waals surface area contributed by atoms with Gasteiger partial charge in [0.15, 0.2) is 0 Å². The first-order valence-corrected chi connectivity index (χ1v) is 5.44. The molecule has 1 aromatic rings. The molecule has 1 rings (SSSR count). The van der Waals surface area contributed by atoms with Crippen LogP contribution in [0.1, 0.15) is 12.5 Å². The molecule has 1 N–H and O–H groups in total. The van der Waals surface area contributed by atoms with E-state index in [1.165, 1.54) is 0 Å². The van der Waals surface area contributed by atoms with Crippen molar-refractivity contribution >= 4 is 24.2 Å². The number of thiol groups is 1. The van der Waals surface area contributed by atoms with Gasteiger partial charge in [0.1, 0.15) is 5.75 Å². The van der Waals surface area contributed by atoms with Gasteiger partial charge in [-0.1, -0.05) is 0 Å². The average Bonchev–Trinajstić information content (AvgIpc) is 2.22. The van der Waals surface area contributed by atoms with Crippen molar-refractivity contribution in [1.82, 2.24) is 0 Å². The fourth-order valence-electron chi connectivity index (χ4n) is 1.25. The van der Waals surface area contributed by atoms with E-state index in [0.717, 1.165) is 17.0 Å². The summed E-state index contributed by atoms with van der Waals surface area (Å²) in [4.78, 5) is 11.1. The molecule has 0 saturated carbocycles. The molecule has 0 radical (unpaired) electrons. The minimum Gasteiger partial charge on any atom is -0.494 e. The van der Waals surface area contributed by atoms with E-state index in [0.29, 0.717) is 6.61 Å². The van der Waals surface area contributed by atoms with Gasteiger partial charge in [-0.05, 0) is 37.6 Å². The lowest BCUT2D eigenvalue weighted by Crippen LogP contribution is -2.12. The Kier molecular flexibility index (Phi) is 4.49. The van der Waals surface area contributed by atoms with Crippen molar-refractivity contribution in [2.24, 2.45) is 0 Å². The van der Waals surface area contributed by atoms with Crippen LogP contribution < -0.4 is 10.1 Å². The lowest BCUT2D eigenvalue weighted by Gasteiger charge is -2.09. The monoisotopic (exact) mass is 225 g/mol. The summed E-state index contributed by atoms with van der Waals surface area (Å²) in [5.74, 6) is 0.926. The highest BCUT2D eigenvalue weighted by Crippen LogP contribution is 2.21. The molecule has 0 bridgehead atoms. The normalized spacial score (nSPS) is 9.80. The van der Waals surface area contributed by atoms with E-state index in [1.807, 2.05) is 32.0 Å². The van der Waals surface area contributed by atoms with Crippen LogP contribution in [0.4, 0.5) is 5.69 Å². The molecule has 0 aliphatic heterocycles. The molecule has 3 nitrogen and oxygen atoms in total. The number of anilines is 1. The Balaban J connectivity index is 2.77. The summed E-state index contributed by atoms with van der Waals surface area (Å²) < 4.78 is 5.40. The van der Waals surface area contributed by atoms with E-state index in [-0.39, 0.29) is 11.7 Å². The van der Waals surface area contributed by atoms with Gasteiger partial charge >= 0.3 is 0 Å². The summed E-state index contributed by atoms with van der Waals surface area (Å²) in [5, 5.41) is 2.73. The second-order valence-electron chi connectivity index (χ2n) is 3.12. The molecule has 82 valence electrons.